The summed E-state index contributed by atoms with van der Waals surface area (Å²) >= 11 is 1.68. The average Bonchev–Trinajstić information content (AvgIpc) is 2.74. The SMILES string of the molecule is CCCN(CCC)CCNC(=O)C1CCC2S/C(=C/c3cccc(C)c3)C(=O)NC2C1. The van der Waals surface area contributed by atoms with Gasteiger partial charge in [-0.05, 0) is 63.8 Å². The molecule has 170 valence electrons. The molecule has 1 aliphatic heterocycles. The van der Waals surface area contributed by atoms with Gasteiger partial charge < -0.3 is 15.5 Å². The summed E-state index contributed by atoms with van der Waals surface area (Å²) in [5.41, 5.74) is 2.25. The molecule has 2 amide bonds. The number of benzene rings is 1. The topological polar surface area (TPSA) is 61.4 Å². The number of carbonyl (C=O) groups is 2. The Balaban J connectivity index is 1.50. The van der Waals surface area contributed by atoms with Crippen molar-refractivity contribution in [2.45, 2.75) is 64.2 Å². The van der Waals surface area contributed by atoms with E-state index in [4.69, 9.17) is 0 Å². The van der Waals surface area contributed by atoms with Gasteiger partial charge in [-0.1, -0.05) is 43.7 Å². The number of aryl methyl sites for hydroxylation is 1. The number of nitrogens with zero attached hydrogens (tertiary/aromatic N) is 1. The summed E-state index contributed by atoms with van der Waals surface area (Å²) in [6.07, 6.45) is 6.84. The number of nitrogens with one attached hydrogen (secondary N) is 2. The lowest BCUT2D eigenvalue weighted by Gasteiger charge is -2.39. The van der Waals surface area contributed by atoms with Crippen LogP contribution in [0.15, 0.2) is 29.2 Å². The van der Waals surface area contributed by atoms with E-state index < -0.39 is 0 Å². The summed E-state index contributed by atoms with van der Waals surface area (Å²) in [7, 11) is 0. The number of hydrogen-bond acceptors (Lipinski definition) is 4. The Hall–Kier alpha value is -1.79. The van der Waals surface area contributed by atoms with Gasteiger partial charge in [-0.2, -0.15) is 0 Å². The molecule has 3 atom stereocenters. The van der Waals surface area contributed by atoms with E-state index in [1.165, 1.54) is 5.56 Å². The molecule has 1 aromatic carbocycles. The van der Waals surface area contributed by atoms with Crippen molar-refractivity contribution in [1.82, 2.24) is 15.5 Å². The minimum absolute atomic E-state index is 0.00440. The van der Waals surface area contributed by atoms with Crippen LogP contribution in [-0.4, -0.2) is 54.2 Å². The van der Waals surface area contributed by atoms with E-state index in [2.05, 4.69) is 48.4 Å². The fourth-order valence-corrected chi connectivity index (χ4v) is 5.88. The Morgan fingerprint density at radius 3 is 2.71 bits per heavy atom. The lowest BCUT2D eigenvalue weighted by Crippen LogP contribution is -2.52. The highest BCUT2D eigenvalue weighted by Gasteiger charge is 2.39. The molecule has 3 unspecified atom stereocenters. The van der Waals surface area contributed by atoms with Crippen LogP contribution in [0.5, 0.6) is 0 Å². The maximum atomic E-state index is 12.7. The number of fused-ring (bicyclic) bond motifs is 1. The highest BCUT2D eigenvalue weighted by Crippen LogP contribution is 2.39. The molecule has 0 aromatic heterocycles. The third-order valence-corrected chi connectivity index (χ3v) is 7.55. The van der Waals surface area contributed by atoms with Gasteiger partial charge in [0.05, 0.1) is 4.91 Å². The van der Waals surface area contributed by atoms with Gasteiger partial charge in [0.25, 0.3) is 5.91 Å². The molecular formula is C25H37N3O2S. The lowest BCUT2D eigenvalue weighted by atomic mass is 9.84. The molecule has 1 aromatic rings. The van der Waals surface area contributed by atoms with E-state index in [0.29, 0.717) is 11.8 Å². The van der Waals surface area contributed by atoms with Crippen molar-refractivity contribution in [3.05, 3.63) is 40.3 Å². The van der Waals surface area contributed by atoms with Gasteiger partial charge in [-0.15, -0.1) is 11.8 Å². The first-order valence-corrected chi connectivity index (χ1v) is 12.6. The molecule has 2 N–H and O–H groups in total. The van der Waals surface area contributed by atoms with Crippen LogP contribution < -0.4 is 10.6 Å². The number of amides is 2. The second-order valence-corrected chi connectivity index (χ2v) is 10.1. The molecule has 1 saturated heterocycles. The molecule has 1 heterocycles. The molecule has 1 aliphatic carbocycles. The summed E-state index contributed by atoms with van der Waals surface area (Å²) in [5.74, 6) is 0.130. The summed E-state index contributed by atoms with van der Waals surface area (Å²) in [6, 6.07) is 8.28. The predicted molar refractivity (Wildman–Crippen MR) is 130 cm³/mol. The largest absolute Gasteiger partial charge is 0.355 e. The molecular weight excluding hydrogens is 406 g/mol. The van der Waals surface area contributed by atoms with Gasteiger partial charge in [0.2, 0.25) is 5.91 Å². The maximum Gasteiger partial charge on any atom is 0.257 e. The number of rotatable bonds is 9. The molecule has 1 saturated carbocycles. The maximum absolute atomic E-state index is 12.7. The van der Waals surface area contributed by atoms with Crippen LogP contribution >= 0.6 is 11.8 Å². The van der Waals surface area contributed by atoms with Gasteiger partial charge in [-0.3, -0.25) is 9.59 Å². The molecule has 2 fully saturated rings. The molecule has 5 nitrogen and oxygen atoms in total. The van der Waals surface area contributed by atoms with Crippen LogP contribution in [0.4, 0.5) is 0 Å². The zero-order chi connectivity index (χ0) is 22.2. The lowest BCUT2D eigenvalue weighted by molar-refractivity contribution is -0.127. The van der Waals surface area contributed by atoms with Gasteiger partial charge in [0.1, 0.15) is 0 Å². The monoisotopic (exact) mass is 443 g/mol. The van der Waals surface area contributed by atoms with Crippen LogP contribution in [0, 0.1) is 12.8 Å². The van der Waals surface area contributed by atoms with Crippen molar-refractivity contribution in [1.29, 1.82) is 0 Å². The van der Waals surface area contributed by atoms with Gasteiger partial charge in [0.15, 0.2) is 0 Å². The van der Waals surface area contributed by atoms with Crippen molar-refractivity contribution >= 4 is 29.7 Å². The second kappa shape index (κ2) is 11.7. The van der Waals surface area contributed by atoms with Crippen molar-refractivity contribution in [3.63, 3.8) is 0 Å². The highest BCUT2D eigenvalue weighted by molar-refractivity contribution is 8.04. The van der Waals surface area contributed by atoms with Crippen molar-refractivity contribution in [3.8, 4) is 0 Å². The quantitative estimate of drug-likeness (QED) is 0.567. The Kier molecular flexibility index (Phi) is 9.02. The molecule has 6 heteroatoms. The van der Waals surface area contributed by atoms with E-state index in [0.717, 1.165) is 62.2 Å². The van der Waals surface area contributed by atoms with Gasteiger partial charge >= 0.3 is 0 Å². The first kappa shape index (κ1) is 23.9. The molecule has 31 heavy (non-hydrogen) atoms. The van der Waals surface area contributed by atoms with Crippen molar-refractivity contribution < 1.29 is 9.59 Å². The Morgan fingerprint density at radius 2 is 2.00 bits per heavy atom. The van der Waals surface area contributed by atoms with Gasteiger partial charge in [0, 0.05) is 30.3 Å². The van der Waals surface area contributed by atoms with E-state index in [-0.39, 0.29) is 23.8 Å². The van der Waals surface area contributed by atoms with Crippen LogP contribution in [0.3, 0.4) is 0 Å². The van der Waals surface area contributed by atoms with Crippen LogP contribution in [-0.2, 0) is 9.59 Å². The molecule has 0 bridgehead atoms. The Morgan fingerprint density at radius 1 is 1.23 bits per heavy atom. The summed E-state index contributed by atoms with van der Waals surface area (Å²) in [5, 5.41) is 6.67. The van der Waals surface area contributed by atoms with Crippen molar-refractivity contribution in [2.24, 2.45) is 5.92 Å². The van der Waals surface area contributed by atoms with E-state index >= 15 is 0 Å². The third kappa shape index (κ3) is 6.84. The minimum Gasteiger partial charge on any atom is -0.355 e. The molecule has 0 radical (unpaired) electrons. The third-order valence-electron chi connectivity index (χ3n) is 6.12. The van der Waals surface area contributed by atoms with Crippen molar-refractivity contribution in [2.75, 3.05) is 26.2 Å². The average molecular weight is 444 g/mol. The fraction of sp³-hybridized carbons (Fsp3) is 0.600. The molecule has 3 rings (SSSR count). The molecule has 0 spiro atoms. The normalized spacial score (nSPS) is 24.7. The summed E-state index contributed by atoms with van der Waals surface area (Å²) in [4.78, 5) is 28.6. The Bertz CT molecular complexity index is 789. The minimum atomic E-state index is -0.0106. The second-order valence-electron chi connectivity index (χ2n) is 8.80. The zero-order valence-electron chi connectivity index (χ0n) is 19.2. The summed E-state index contributed by atoms with van der Waals surface area (Å²) < 4.78 is 0. The predicted octanol–water partition coefficient (Wildman–Crippen LogP) is 3.97. The fourth-order valence-electron chi connectivity index (χ4n) is 4.59. The van der Waals surface area contributed by atoms with Crippen LogP contribution in [0.2, 0.25) is 0 Å². The standard InChI is InChI=1S/C25H37N3O2S/c1-4-12-28(13-5-2)14-11-26-24(29)20-9-10-22-21(17-20)27-25(30)23(31-22)16-19-8-6-7-18(3)15-19/h6-8,15-16,20-22H,4-5,9-14,17H2,1-3H3,(H,26,29)(H,27,30)/b23-16+. The van der Waals surface area contributed by atoms with E-state index in [9.17, 15) is 9.59 Å². The number of carbonyl (C=O) groups excluding carboxylic acids is 2. The Labute approximate surface area is 191 Å². The first-order chi connectivity index (χ1) is 15.0. The zero-order valence-corrected chi connectivity index (χ0v) is 20.0. The van der Waals surface area contributed by atoms with E-state index in [1.807, 2.05) is 18.2 Å². The smallest absolute Gasteiger partial charge is 0.257 e. The highest BCUT2D eigenvalue weighted by atomic mass is 32.2. The van der Waals surface area contributed by atoms with Crippen LogP contribution in [0.25, 0.3) is 6.08 Å². The molecule has 2 aliphatic rings. The number of hydrogen-bond donors (Lipinski definition) is 2. The van der Waals surface area contributed by atoms with Crippen LogP contribution in [0.1, 0.15) is 57.1 Å². The number of thioether (sulfide) groups is 1. The van der Waals surface area contributed by atoms with E-state index in [1.54, 1.807) is 11.8 Å². The first-order valence-electron chi connectivity index (χ1n) is 11.8. The summed E-state index contributed by atoms with van der Waals surface area (Å²) in [6.45, 7) is 10.2. The van der Waals surface area contributed by atoms with Gasteiger partial charge in [-0.25, -0.2) is 0 Å².